The first kappa shape index (κ1) is 11.4. The average Bonchev–Trinajstić information content (AvgIpc) is 2.69. The first-order valence-electron chi connectivity index (χ1n) is 5.93. The van der Waals surface area contributed by atoms with Gasteiger partial charge in [0.15, 0.2) is 0 Å². The normalized spacial score (nSPS) is 23.5. The second-order valence-electron chi connectivity index (χ2n) is 4.66. The van der Waals surface area contributed by atoms with Crippen LogP contribution in [0.4, 0.5) is 5.69 Å². The Morgan fingerprint density at radius 1 is 1.44 bits per heavy atom. The minimum Gasteiger partial charge on any atom is -0.399 e. The van der Waals surface area contributed by atoms with Crippen LogP contribution < -0.4 is 5.73 Å². The Kier molecular flexibility index (Phi) is 3.46. The van der Waals surface area contributed by atoms with Gasteiger partial charge in [-0.2, -0.15) is 0 Å². The summed E-state index contributed by atoms with van der Waals surface area (Å²) >= 11 is 0. The summed E-state index contributed by atoms with van der Waals surface area (Å²) in [7, 11) is 0. The van der Waals surface area contributed by atoms with Crippen LogP contribution in [0.3, 0.4) is 0 Å². The van der Waals surface area contributed by atoms with Crippen molar-refractivity contribution < 1.29 is 5.11 Å². The maximum absolute atomic E-state index is 9.68. The number of nitrogen functional groups attached to an aromatic ring is 1. The molecule has 0 unspecified atom stereocenters. The van der Waals surface area contributed by atoms with Crippen LogP contribution in [-0.2, 0) is 6.54 Å². The Hall–Kier alpha value is -1.06. The molecule has 1 saturated heterocycles. The minimum atomic E-state index is -0.240. The van der Waals surface area contributed by atoms with Gasteiger partial charge in [-0.05, 0) is 44.0 Å². The van der Waals surface area contributed by atoms with E-state index in [2.05, 4.69) is 17.0 Å². The zero-order valence-electron chi connectivity index (χ0n) is 9.76. The smallest absolute Gasteiger partial charge is 0.0667 e. The summed E-state index contributed by atoms with van der Waals surface area (Å²) in [6, 6.07) is 8.31. The van der Waals surface area contributed by atoms with Gasteiger partial charge in [-0.1, -0.05) is 12.1 Å². The molecule has 3 N–H and O–H groups in total. The summed E-state index contributed by atoms with van der Waals surface area (Å²) in [4.78, 5) is 2.36. The van der Waals surface area contributed by atoms with Gasteiger partial charge in [0.25, 0.3) is 0 Å². The number of benzene rings is 1. The van der Waals surface area contributed by atoms with Crippen molar-refractivity contribution in [2.45, 2.75) is 38.5 Å². The number of aliphatic hydroxyl groups excluding tert-OH is 1. The third-order valence-electron chi connectivity index (χ3n) is 3.34. The van der Waals surface area contributed by atoms with Gasteiger partial charge in [-0.15, -0.1) is 0 Å². The lowest BCUT2D eigenvalue weighted by Crippen LogP contribution is -2.36. The van der Waals surface area contributed by atoms with Crippen LogP contribution >= 0.6 is 0 Å². The number of anilines is 1. The number of nitrogens with two attached hydrogens (primary N) is 1. The molecule has 2 rings (SSSR count). The summed E-state index contributed by atoms with van der Waals surface area (Å²) in [6.45, 7) is 3.88. The number of rotatable bonds is 3. The van der Waals surface area contributed by atoms with Gasteiger partial charge >= 0.3 is 0 Å². The molecular weight excluding hydrogens is 200 g/mol. The van der Waals surface area contributed by atoms with Crippen LogP contribution in [0.2, 0.25) is 0 Å². The van der Waals surface area contributed by atoms with Crippen LogP contribution in [0.15, 0.2) is 24.3 Å². The molecule has 0 radical (unpaired) electrons. The highest BCUT2D eigenvalue weighted by atomic mass is 16.3. The maximum atomic E-state index is 9.68. The highest BCUT2D eigenvalue weighted by Crippen LogP contribution is 2.22. The average molecular weight is 220 g/mol. The first-order chi connectivity index (χ1) is 7.66. The Labute approximate surface area is 96.9 Å². The lowest BCUT2D eigenvalue weighted by atomic mass is 10.1. The van der Waals surface area contributed by atoms with Crippen molar-refractivity contribution in [1.82, 2.24) is 4.90 Å². The number of likely N-dealkylation sites (tertiary alicyclic amines) is 1. The molecule has 16 heavy (non-hydrogen) atoms. The van der Waals surface area contributed by atoms with Crippen molar-refractivity contribution in [2.24, 2.45) is 0 Å². The molecule has 1 aliphatic heterocycles. The number of aliphatic hydroxyl groups is 1. The zero-order chi connectivity index (χ0) is 11.5. The summed E-state index contributed by atoms with van der Waals surface area (Å²) in [5.41, 5.74) is 7.73. The van der Waals surface area contributed by atoms with Crippen molar-refractivity contribution in [3.63, 3.8) is 0 Å². The van der Waals surface area contributed by atoms with Crippen LogP contribution in [0.5, 0.6) is 0 Å². The molecule has 1 fully saturated rings. The molecule has 0 aliphatic carbocycles. The monoisotopic (exact) mass is 220 g/mol. The maximum Gasteiger partial charge on any atom is 0.0667 e. The Bertz CT molecular complexity index is 334. The fourth-order valence-corrected chi connectivity index (χ4v) is 2.45. The van der Waals surface area contributed by atoms with E-state index in [0.717, 1.165) is 25.2 Å². The number of nitrogens with zero attached hydrogens (tertiary/aromatic N) is 1. The number of hydrogen-bond acceptors (Lipinski definition) is 3. The van der Waals surface area contributed by atoms with Crippen LogP contribution in [0.1, 0.15) is 25.3 Å². The first-order valence-corrected chi connectivity index (χ1v) is 5.93. The van der Waals surface area contributed by atoms with Crippen molar-refractivity contribution in [3.05, 3.63) is 29.8 Å². The molecule has 2 atom stereocenters. The van der Waals surface area contributed by atoms with Crippen LogP contribution in [0.25, 0.3) is 0 Å². The second-order valence-corrected chi connectivity index (χ2v) is 4.66. The molecule has 0 amide bonds. The predicted octanol–water partition coefficient (Wildman–Crippen LogP) is 1.61. The van der Waals surface area contributed by atoms with Gasteiger partial charge in [0.2, 0.25) is 0 Å². The fourth-order valence-electron chi connectivity index (χ4n) is 2.45. The molecule has 1 aliphatic rings. The van der Waals surface area contributed by atoms with Gasteiger partial charge in [0.1, 0.15) is 0 Å². The molecule has 0 aromatic heterocycles. The van der Waals surface area contributed by atoms with Crippen molar-refractivity contribution in [3.8, 4) is 0 Å². The third-order valence-corrected chi connectivity index (χ3v) is 3.34. The summed E-state index contributed by atoms with van der Waals surface area (Å²) in [5, 5.41) is 9.68. The minimum absolute atomic E-state index is 0.240. The van der Waals surface area contributed by atoms with E-state index in [1.807, 2.05) is 19.1 Å². The molecule has 0 spiro atoms. The molecule has 3 heteroatoms. The molecular formula is C13H20N2O. The zero-order valence-corrected chi connectivity index (χ0v) is 9.76. The Balaban J connectivity index is 2.01. The van der Waals surface area contributed by atoms with E-state index in [4.69, 9.17) is 5.73 Å². The summed E-state index contributed by atoms with van der Waals surface area (Å²) in [6.07, 6.45) is 2.05. The molecule has 1 aromatic rings. The summed E-state index contributed by atoms with van der Waals surface area (Å²) < 4.78 is 0. The Morgan fingerprint density at radius 2 is 2.12 bits per heavy atom. The molecule has 1 heterocycles. The van der Waals surface area contributed by atoms with E-state index in [1.54, 1.807) is 0 Å². The molecule has 0 saturated carbocycles. The highest BCUT2D eigenvalue weighted by molar-refractivity contribution is 5.39. The van der Waals surface area contributed by atoms with Gasteiger partial charge < -0.3 is 10.8 Å². The topological polar surface area (TPSA) is 49.5 Å². The van der Waals surface area contributed by atoms with Gasteiger partial charge in [-0.25, -0.2) is 0 Å². The standard InChI is InChI=1S/C13H20N2O/c1-10(16)13-3-2-8-15(13)9-11-4-6-12(14)7-5-11/h4-7,10,13,16H,2-3,8-9,14H2,1H3/t10-,13+/m1/s1. The van der Waals surface area contributed by atoms with E-state index < -0.39 is 0 Å². The lowest BCUT2D eigenvalue weighted by molar-refractivity contribution is 0.0828. The third kappa shape index (κ3) is 2.54. The van der Waals surface area contributed by atoms with E-state index in [0.29, 0.717) is 6.04 Å². The van der Waals surface area contributed by atoms with Crippen molar-refractivity contribution in [2.75, 3.05) is 12.3 Å². The lowest BCUT2D eigenvalue weighted by Gasteiger charge is -2.26. The van der Waals surface area contributed by atoms with Crippen molar-refractivity contribution in [1.29, 1.82) is 0 Å². The van der Waals surface area contributed by atoms with Gasteiger partial charge in [0.05, 0.1) is 6.10 Å². The Morgan fingerprint density at radius 3 is 2.75 bits per heavy atom. The quantitative estimate of drug-likeness (QED) is 0.761. The summed E-state index contributed by atoms with van der Waals surface area (Å²) in [5.74, 6) is 0. The predicted molar refractivity (Wildman–Crippen MR) is 66.0 cm³/mol. The van der Waals surface area contributed by atoms with Gasteiger partial charge in [-0.3, -0.25) is 4.90 Å². The SMILES string of the molecule is C[C@@H](O)[C@@H]1CCCN1Cc1ccc(N)cc1. The molecule has 0 bridgehead atoms. The van der Waals surface area contributed by atoms with Crippen LogP contribution in [0, 0.1) is 0 Å². The largest absolute Gasteiger partial charge is 0.399 e. The molecule has 1 aromatic carbocycles. The fraction of sp³-hybridized carbons (Fsp3) is 0.538. The number of hydrogen-bond donors (Lipinski definition) is 2. The van der Waals surface area contributed by atoms with E-state index in [1.165, 1.54) is 12.0 Å². The highest BCUT2D eigenvalue weighted by Gasteiger charge is 2.27. The second kappa shape index (κ2) is 4.85. The van der Waals surface area contributed by atoms with E-state index in [-0.39, 0.29) is 6.10 Å². The molecule has 88 valence electrons. The van der Waals surface area contributed by atoms with Crippen molar-refractivity contribution >= 4 is 5.69 Å². The van der Waals surface area contributed by atoms with E-state index >= 15 is 0 Å². The molecule has 3 nitrogen and oxygen atoms in total. The van der Waals surface area contributed by atoms with Crippen LogP contribution in [-0.4, -0.2) is 28.7 Å². The van der Waals surface area contributed by atoms with E-state index in [9.17, 15) is 5.11 Å². The van der Waals surface area contributed by atoms with Gasteiger partial charge in [0, 0.05) is 18.3 Å².